The fourth-order valence-corrected chi connectivity index (χ4v) is 3.36. The highest BCUT2D eigenvalue weighted by atomic mass is 35.5. The maximum atomic E-state index is 13.8. The fraction of sp³-hybridized carbons (Fsp3) is 0.0870. The van der Waals surface area contributed by atoms with E-state index in [4.69, 9.17) is 33.3 Å². The Morgan fingerprint density at radius 3 is 2.36 bits per heavy atom. The van der Waals surface area contributed by atoms with Gasteiger partial charge in [0.25, 0.3) is 5.91 Å². The van der Waals surface area contributed by atoms with Crippen LogP contribution in [0.3, 0.4) is 0 Å². The van der Waals surface area contributed by atoms with E-state index in [9.17, 15) is 14.4 Å². The number of benzene rings is 3. The minimum absolute atomic E-state index is 0.101. The number of rotatable bonds is 6. The first-order valence-electron chi connectivity index (χ1n) is 9.45. The summed E-state index contributed by atoms with van der Waals surface area (Å²) in [5, 5.41) is 18.5. The van der Waals surface area contributed by atoms with Crippen LogP contribution in [-0.2, 0) is 0 Å². The van der Waals surface area contributed by atoms with Gasteiger partial charge in [0.2, 0.25) is 0 Å². The maximum absolute atomic E-state index is 13.8. The molecular weight excluding hydrogens is 467 g/mol. The number of hydrogen-bond acceptors (Lipinski definition) is 5. The predicted molar refractivity (Wildman–Crippen MR) is 130 cm³/mol. The number of anilines is 3. The lowest BCUT2D eigenvalue weighted by Crippen LogP contribution is -2.20. The molecule has 0 spiro atoms. The first-order chi connectivity index (χ1) is 15.9. The minimum Gasteiger partial charge on any atom is -0.495 e. The Labute approximate surface area is 200 Å². The van der Waals surface area contributed by atoms with Gasteiger partial charge >= 0.3 is 0 Å². The van der Waals surface area contributed by atoms with Crippen LogP contribution in [0, 0.1) is 17.1 Å². The molecule has 10 heteroatoms. The van der Waals surface area contributed by atoms with E-state index in [1.54, 1.807) is 30.3 Å². The summed E-state index contributed by atoms with van der Waals surface area (Å²) in [7, 11) is 2.98. The van der Waals surface area contributed by atoms with Crippen molar-refractivity contribution in [3.8, 4) is 17.6 Å². The molecule has 0 atom stereocenters. The maximum Gasteiger partial charge on any atom is 0.258 e. The summed E-state index contributed by atoms with van der Waals surface area (Å²) in [6, 6.07) is 15.5. The van der Waals surface area contributed by atoms with Gasteiger partial charge in [0, 0.05) is 11.8 Å². The molecule has 0 aliphatic carbocycles. The molecular formula is C23H18ClFN4O3S. The fourth-order valence-electron chi connectivity index (χ4n) is 2.90. The second-order valence-corrected chi connectivity index (χ2v) is 7.39. The largest absolute Gasteiger partial charge is 0.495 e. The summed E-state index contributed by atoms with van der Waals surface area (Å²) in [6.45, 7) is 0. The van der Waals surface area contributed by atoms with Crippen LogP contribution in [0.5, 0.6) is 11.5 Å². The molecule has 0 radical (unpaired) electrons. The Morgan fingerprint density at radius 1 is 1.00 bits per heavy atom. The van der Waals surface area contributed by atoms with Crippen molar-refractivity contribution >= 4 is 51.9 Å². The van der Waals surface area contributed by atoms with Crippen molar-refractivity contribution < 1.29 is 18.7 Å². The predicted octanol–water partition coefficient (Wildman–Crippen LogP) is 5.43. The van der Waals surface area contributed by atoms with E-state index in [0.717, 1.165) is 0 Å². The first kappa shape index (κ1) is 23.8. The van der Waals surface area contributed by atoms with Crippen LogP contribution in [0.4, 0.5) is 21.5 Å². The van der Waals surface area contributed by atoms with Crippen LogP contribution in [0.25, 0.3) is 0 Å². The molecule has 0 fully saturated rings. The van der Waals surface area contributed by atoms with Crippen LogP contribution in [0.2, 0.25) is 5.02 Å². The second kappa shape index (κ2) is 10.6. The molecule has 0 saturated heterocycles. The van der Waals surface area contributed by atoms with Crippen molar-refractivity contribution in [1.29, 1.82) is 5.26 Å². The summed E-state index contributed by atoms with van der Waals surface area (Å²) < 4.78 is 24.3. The number of thiocarbonyl (C=S) groups is 1. The lowest BCUT2D eigenvalue weighted by atomic mass is 10.1. The highest BCUT2D eigenvalue weighted by molar-refractivity contribution is 7.80. The summed E-state index contributed by atoms with van der Waals surface area (Å²) in [4.78, 5) is 12.3. The molecule has 1 amide bonds. The number of carbonyl (C=O) groups is 1. The molecule has 0 aliphatic rings. The number of halogens is 2. The molecule has 0 saturated carbocycles. The van der Waals surface area contributed by atoms with Gasteiger partial charge in [0.1, 0.15) is 23.4 Å². The lowest BCUT2D eigenvalue weighted by molar-refractivity contribution is 0.102. The molecule has 3 N–H and O–H groups in total. The Hall–Kier alpha value is -3.87. The van der Waals surface area contributed by atoms with Crippen LogP contribution >= 0.6 is 23.8 Å². The number of nitrogens with zero attached hydrogens (tertiary/aromatic N) is 1. The van der Waals surface area contributed by atoms with E-state index < -0.39 is 11.7 Å². The highest BCUT2D eigenvalue weighted by Crippen LogP contribution is 2.36. The van der Waals surface area contributed by atoms with Gasteiger partial charge in [-0.25, -0.2) is 4.39 Å². The summed E-state index contributed by atoms with van der Waals surface area (Å²) in [6.07, 6.45) is 0. The number of nitrogens with one attached hydrogen (secondary N) is 3. The van der Waals surface area contributed by atoms with E-state index in [2.05, 4.69) is 16.0 Å². The molecule has 7 nitrogen and oxygen atoms in total. The second-order valence-electron chi connectivity index (χ2n) is 6.57. The van der Waals surface area contributed by atoms with Gasteiger partial charge in [-0.15, -0.1) is 0 Å². The average Bonchev–Trinajstić information content (AvgIpc) is 2.80. The van der Waals surface area contributed by atoms with Gasteiger partial charge < -0.3 is 25.4 Å². The summed E-state index contributed by atoms with van der Waals surface area (Å²) in [5.41, 5.74) is 1.33. The zero-order valence-corrected chi connectivity index (χ0v) is 19.1. The van der Waals surface area contributed by atoms with E-state index in [1.165, 1.54) is 38.5 Å². The molecule has 3 aromatic rings. The normalized spacial score (nSPS) is 10.0. The Balaban J connectivity index is 1.75. The highest BCUT2D eigenvalue weighted by Gasteiger charge is 2.14. The van der Waals surface area contributed by atoms with E-state index >= 15 is 0 Å². The number of carbonyl (C=O) groups excluding carboxylic acids is 1. The van der Waals surface area contributed by atoms with Crippen LogP contribution < -0.4 is 25.4 Å². The molecule has 0 unspecified atom stereocenters. The minimum atomic E-state index is -0.640. The van der Waals surface area contributed by atoms with Crippen molar-refractivity contribution in [3.05, 3.63) is 76.6 Å². The first-order valence-corrected chi connectivity index (χ1v) is 10.2. The number of amides is 1. The third kappa shape index (κ3) is 5.68. The van der Waals surface area contributed by atoms with Crippen LogP contribution in [-0.4, -0.2) is 25.2 Å². The van der Waals surface area contributed by atoms with Gasteiger partial charge in [-0.2, -0.15) is 5.26 Å². The Bertz CT molecular complexity index is 1260. The number of ether oxygens (including phenoxy) is 2. The van der Waals surface area contributed by atoms with Crippen LogP contribution in [0.1, 0.15) is 15.9 Å². The number of methoxy groups -OCH3 is 2. The molecule has 0 aromatic heterocycles. The standard InChI is InChI=1S/C23H18ClFN4O3S/c1-31-20-11-21(32-2)19(10-16(20)24)29-23(33)28-18-8-7-14(9-13(18)12-26)27-22(30)15-5-3-4-6-17(15)25/h3-11H,1-2H3,(H,27,30)(H2,28,29,33). The van der Waals surface area contributed by atoms with Crippen molar-refractivity contribution in [1.82, 2.24) is 0 Å². The van der Waals surface area contributed by atoms with Crippen LogP contribution in [0.15, 0.2) is 54.6 Å². The number of hydrogen-bond donors (Lipinski definition) is 3. The van der Waals surface area contributed by atoms with Crippen molar-refractivity contribution in [2.24, 2.45) is 0 Å². The van der Waals surface area contributed by atoms with Gasteiger partial charge in [-0.1, -0.05) is 23.7 Å². The Morgan fingerprint density at radius 2 is 1.70 bits per heavy atom. The van der Waals surface area contributed by atoms with Gasteiger partial charge in [0.15, 0.2) is 5.11 Å². The molecule has 0 bridgehead atoms. The topological polar surface area (TPSA) is 95.4 Å². The van der Waals surface area contributed by atoms with Gasteiger partial charge in [-0.3, -0.25) is 4.79 Å². The Kier molecular flexibility index (Phi) is 7.66. The molecule has 3 aromatic carbocycles. The summed E-state index contributed by atoms with van der Waals surface area (Å²) in [5.74, 6) is -0.373. The molecule has 0 heterocycles. The third-order valence-corrected chi connectivity index (χ3v) is 4.99. The molecule has 33 heavy (non-hydrogen) atoms. The lowest BCUT2D eigenvalue weighted by Gasteiger charge is -2.16. The smallest absolute Gasteiger partial charge is 0.258 e. The monoisotopic (exact) mass is 484 g/mol. The van der Waals surface area contributed by atoms with Gasteiger partial charge in [0.05, 0.1) is 41.7 Å². The summed E-state index contributed by atoms with van der Waals surface area (Å²) >= 11 is 11.5. The van der Waals surface area contributed by atoms with Gasteiger partial charge in [-0.05, 0) is 48.6 Å². The van der Waals surface area contributed by atoms with E-state index in [-0.39, 0.29) is 16.2 Å². The van der Waals surface area contributed by atoms with E-state index in [0.29, 0.717) is 33.6 Å². The molecule has 0 aliphatic heterocycles. The molecule has 168 valence electrons. The molecule has 3 rings (SSSR count). The van der Waals surface area contributed by atoms with Crippen molar-refractivity contribution in [3.63, 3.8) is 0 Å². The zero-order chi connectivity index (χ0) is 24.0. The zero-order valence-electron chi connectivity index (χ0n) is 17.5. The number of nitriles is 1. The third-order valence-electron chi connectivity index (χ3n) is 4.49. The van der Waals surface area contributed by atoms with Crippen molar-refractivity contribution in [2.45, 2.75) is 0 Å². The quantitative estimate of drug-likeness (QED) is 0.401. The SMILES string of the molecule is COc1cc(OC)c(NC(=S)Nc2ccc(NC(=O)c3ccccc3F)cc2C#N)cc1Cl. The average molecular weight is 485 g/mol. The van der Waals surface area contributed by atoms with E-state index in [1.807, 2.05) is 6.07 Å². The van der Waals surface area contributed by atoms with Crippen molar-refractivity contribution in [2.75, 3.05) is 30.2 Å².